The van der Waals surface area contributed by atoms with Crippen molar-refractivity contribution < 1.29 is 8.63 Å². The lowest BCUT2D eigenvalue weighted by Gasteiger charge is -2.12. The first kappa shape index (κ1) is 28.2. The van der Waals surface area contributed by atoms with Gasteiger partial charge in [0.05, 0.1) is 11.4 Å². The fraction of sp³-hybridized carbons (Fsp3) is 0.0976. The maximum Gasteiger partial charge on any atom is 0.678 e. The van der Waals surface area contributed by atoms with E-state index in [1.54, 1.807) is 0 Å². The third-order valence-electron chi connectivity index (χ3n) is 9.08. The molecule has 0 unspecified atom stereocenters. The fourth-order valence-corrected chi connectivity index (χ4v) is 7.39. The van der Waals surface area contributed by atoms with Crippen LogP contribution in [0.2, 0.25) is 0 Å². The van der Waals surface area contributed by atoms with Gasteiger partial charge >= 0.3 is 7.40 Å². The van der Waals surface area contributed by atoms with Gasteiger partial charge in [0.2, 0.25) is 0 Å². The van der Waals surface area contributed by atoms with Crippen LogP contribution < -0.4 is 0 Å². The third kappa shape index (κ3) is 4.49. The van der Waals surface area contributed by atoms with Crippen molar-refractivity contribution in [3.8, 4) is 11.3 Å². The van der Waals surface area contributed by atoms with Gasteiger partial charge in [0.15, 0.2) is 0 Å². The summed E-state index contributed by atoms with van der Waals surface area (Å²) < 4.78 is 32.3. The van der Waals surface area contributed by atoms with Gasteiger partial charge in [0.1, 0.15) is 0 Å². The van der Waals surface area contributed by atoms with E-state index in [4.69, 9.17) is 4.99 Å². The average Bonchev–Trinajstić information content (AvgIpc) is 3.57. The molecule has 0 radical (unpaired) electrons. The Balaban J connectivity index is 1.49. The second-order valence-corrected chi connectivity index (χ2v) is 12.5. The van der Waals surface area contributed by atoms with E-state index in [2.05, 4.69) is 62.4 Å². The first-order valence-corrected chi connectivity index (χ1v) is 15.6. The van der Waals surface area contributed by atoms with Crippen LogP contribution in [0.3, 0.4) is 0 Å². The smallest absolute Gasteiger partial charge is 0.324 e. The van der Waals surface area contributed by atoms with Gasteiger partial charge in [-0.3, -0.25) is 8.63 Å². The normalized spacial score (nSPS) is 13.6. The maximum atomic E-state index is 15.5. The first-order chi connectivity index (χ1) is 22.3. The highest BCUT2D eigenvalue weighted by Gasteiger charge is 2.31. The van der Waals surface area contributed by atoms with Crippen LogP contribution in [0.25, 0.3) is 55.3 Å². The number of fused-ring (bicyclic) bond motifs is 6. The van der Waals surface area contributed by atoms with Crippen molar-refractivity contribution in [2.45, 2.75) is 27.7 Å². The molecule has 1 aromatic heterocycles. The van der Waals surface area contributed by atoms with Crippen LogP contribution in [0.5, 0.6) is 0 Å². The fourth-order valence-electron chi connectivity index (χ4n) is 7.39. The largest absolute Gasteiger partial charge is 0.678 e. The minimum Gasteiger partial charge on any atom is -0.324 e. The Kier molecular flexibility index (Phi) is 6.54. The van der Waals surface area contributed by atoms with Crippen molar-refractivity contribution in [3.05, 3.63) is 154 Å². The molecule has 8 rings (SSSR count). The Labute approximate surface area is 267 Å². The van der Waals surface area contributed by atoms with E-state index >= 15 is 8.63 Å². The molecule has 0 spiro atoms. The highest BCUT2D eigenvalue weighted by molar-refractivity contribution is 6.44. The van der Waals surface area contributed by atoms with Gasteiger partial charge in [0, 0.05) is 38.9 Å². The minimum absolute atomic E-state index is 0.449. The number of rotatable bonds is 4. The summed E-state index contributed by atoms with van der Waals surface area (Å²) in [7, 11) is -2.77. The van der Waals surface area contributed by atoms with Gasteiger partial charge in [-0.15, -0.1) is 0 Å². The SMILES string of the molecule is Cc1cc(C)cc(C2=N/C(=C\c3c4ccc5ccccc5c4c(-c4cc(C)cc(C)c4)n3B(F)F)c3ccc4ccccc4c32)c1. The van der Waals surface area contributed by atoms with Crippen LogP contribution in [0.1, 0.15) is 44.6 Å². The number of aryl methyl sites for hydroxylation is 4. The second kappa shape index (κ2) is 10.7. The number of benzene rings is 6. The van der Waals surface area contributed by atoms with Crippen LogP contribution in [-0.2, 0) is 0 Å². The van der Waals surface area contributed by atoms with Gasteiger partial charge in [-0.25, -0.2) is 4.99 Å². The lowest BCUT2D eigenvalue weighted by Crippen LogP contribution is -2.16. The van der Waals surface area contributed by atoms with Crippen molar-refractivity contribution >= 4 is 57.2 Å². The number of hydrogen-bond acceptors (Lipinski definition) is 1. The zero-order valence-corrected chi connectivity index (χ0v) is 26.2. The van der Waals surface area contributed by atoms with E-state index < -0.39 is 7.40 Å². The van der Waals surface area contributed by atoms with Crippen molar-refractivity contribution in [3.63, 3.8) is 0 Å². The molecule has 7 aromatic rings. The standard InChI is InChI=1S/C41H31BF2N2/c1-24-17-25(2)20-30(19-24)40-38-32-11-7-5-9-28(32)13-15-34(38)36(45-40)23-37-35-16-14-29-10-6-8-12-33(29)39(35)41(46(37)42(43)44)31-21-26(3)18-27(4)22-31/h5-23H,1-4H3/b36-23-. The Bertz CT molecular complexity index is 2410. The number of nitrogens with zero attached hydrogens (tertiary/aromatic N) is 2. The van der Waals surface area contributed by atoms with Gasteiger partial charge in [-0.1, -0.05) is 107 Å². The Hall–Kier alpha value is -5.29. The molecule has 5 heteroatoms. The molecule has 0 saturated carbocycles. The molecule has 0 N–H and O–H groups in total. The number of halogens is 2. The number of aliphatic imine (C=N–C) groups is 1. The van der Waals surface area contributed by atoms with Crippen LogP contribution in [0, 0.1) is 27.7 Å². The Morgan fingerprint density at radius 1 is 0.609 bits per heavy atom. The predicted octanol–water partition coefficient (Wildman–Crippen LogP) is 11.0. The molecular formula is C41H31BF2N2. The zero-order valence-electron chi connectivity index (χ0n) is 26.2. The van der Waals surface area contributed by atoms with E-state index in [9.17, 15) is 0 Å². The van der Waals surface area contributed by atoms with E-state index in [-0.39, 0.29) is 0 Å². The molecule has 0 bridgehead atoms. The molecular weight excluding hydrogens is 569 g/mol. The van der Waals surface area contributed by atoms with Crippen LogP contribution in [0.4, 0.5) is 8.63 Å². The topological polar surface area (TPSA) is 17.3 Å². The summed E-state index contributed by atoms with van der Waals surface area (Å²) in [4.78, 5) is 5.25. The zero-order chi connectivity index (χ0) is 31.7. The summed E-state index contributed by atoms with van der Waals surface area (Å²) >= 11 is 0. The summed E-state index contributed by atoms with van der Waals surface area (Å²) in [5.74, 6) is 0. The number of hydrogen-bond donors (Lipinski definition) is 0. The lowest BCUT2D eigenvalue weighted by atomic mass is 9.92. The van der Waals surface area contributed by atoms with Crippen LogP contribution in [0.15, 0.2) is 114 Å². The molecule has 0 atom stereocenters. The highest BCUT2D eigenvalue weighted by Crippen LogP contribution is 2.43. The minimum atomic E-state index is -2.77. The van der Waals surface area contributed by atoms with E-state index in [1.165, 1.54) is 4.48 Å². The number of aromatic nitrogens is 1. The lowest BCUT2D eigenvalue weighted by molar-refractivity contribution is 0.631. The Morgan fingerprint density at radius 3 is 1.83 bits per heavy atom. The molecule has 0 saturated heterocycles. The van der Waals surface area contributed by atoms with E-state index in [0.29, 0.717) is 17.1 Å². The quantitative estimate of drug-likeness (QED) is 0.179. The molecule has 2 heterocycles. The second-order valence-electron chi connectivity index (χ2n) is 12.5. The summed E-state index contributed by atoms with van der Waals surface area (Å²) in [5.41, 5.74) is 10.7. The molecule has 1 aliphatic rings. The van der Waals surface area contributed by atoms with Crippen molar-refractivity contribution in [2.75, 3.05) is 0 Å². The molecule has 1 aliphatic heterocycles. The Morgan fingerprint density at radius 2 is 1.17 bits per heavy atom. The maximum absolute atomic E-state index is 15.5. The first-order valence-electron chi connectivity index (χ1n) is 15.6. The van der Waals surface area contributed by atoms with Crippen molar-refractivity contribution in [2.24, 2.45) is 4.99 Å². The highest BCUT2D eigenvalue weighted by atomic mass is 19.2. The molecule has 0 aliphatic carbocycles. The monoisotopic (exact) mass is 600 g/mol. The van der Waals surface area contributed by atoms with Crippen LogP contribution >= 0.6 is 0 Å². The van der Waals surface area contributed by atoms with Gasteiger partial charge < -0.3 is 4.48 Å². The van der Waals surface area contributed by atoms with E-state index in [1.807, 2.05) is 80.6 Å². The van der Waals surface area contributed by atoms with Gasteiger partial charge in [-0.2, -0.15) is 0 Å². The summed E-state index contributed by atoms with van der Waals surface area (Å²) in [6, 6.07) is 37.1. The van der Waals surface area contributed by atoms with Crippen molar-refractivity contribution in [1.29, 1.82) is 0 Å². The summed E-state index contributed by atoms with van der Waals surface area (Å²) in [5, 5.41) is 5.77. The molecule has 0 fully saturated rings. The summed E-state index contributed by atoms with van der Waals surface area (Å²) in [6.45, 7) is 8.21. The predicted molar refractivity (Wildman–Crippen MR) is 191 cm³/mol. The molecule has 46 heavy (non-hydrogen) atoms. The average molecular weight is 601 g/mol. The summed E-state index contributed by atoms with van der Waals surface area (Å²) in [6.07, 6.45) is 1.87. The molecule has 222 valence electrons. The van der Waals surface area contributed by atoms with Gasteiger partial charge in [-0.05, 0) is 85.1 Å². The van der Waals surface area contributed by atoms with E-state index in [0.717, 1.165) is 82.5 Å². The van der Waals surface area contributed by atoms with Crippen molar-refractivity contribution in [1.82, 2.24) is 4.48 Å². The van der Waals surface area contributed by atoms with Gasteiger partial charge in [0.25, 0.3) is 0 Å². The molecule has 6 aromatic carbocycles. The molecule has 2 nitrogen and oxygen atoms in total. The third-order valence-corrected chi connectivity index (χ3v) is 9.08. The van der Waals surface area contributed by atoms with Crippen LogP contribution in [-0.4, -0.2) is 17.6 Å². The molecule has 0 amide bonds.